The van der Waals surface area contributed by atoms with Gasteiger partial charge in [-0.2, -0.15) is 0 Å². The number of phosphoric ester groups is 6. The molecule has 816 valence electrons. The summed E-state index contributed by atoms with van der Waals surface area (Å²) < 4.78 is 125. The normalized spacial score (nSPS) is 19.5. The van der Waals surface area contributed by atoms with Crippen LogP contribution >= 0.6 is 46.9 Å². The van der Waals surface area contributed by atoms with Gasteiger partial charge in [0.2, 0.25) is 0 Å². The van der Waals surface area contributed by atoms with E-state index in [2.05, 4.69) is 27.1 Å². The summed E-state index contributed by atoms with van der Waals surface area (Å²) >= 11 is 0. The van der Waals surface area contributed by atoms with E-state index in [9.17, 15) is 114 Å². The van der Waals surface area contributed by atoms with E-state index in [-0.39, 0.29) is 74.3 Å². The lowest BCUT2D eigenvalue weighted by Gasteiger charge is -2.52. The molecule has 1 rings (SSSR count). The van der Waals surface area contributed by atoms with Crippen LogP contribution in [0.4, 0.5) is 0 Å². The van der Waals surface area contributed by atoms with Gasteiger partial charge in [0.05, 0.1) is 165 Å². The molecule has 0 heterocycles. The van der Waals surface area contributed by atoms with Crippen LogP contribution in [0.15, 0.2) is 0 Å². The van der Waals surface area contributed by atoms with E-state index in [1.165, 1.54) is 0 Å². The summed E-state index contributed by atoms with van der Waals surface area (Å²) in [5.41, 5.74) is 0. The summed E-state index contributed by atoms with van der Waals surface area (Å²) in [7, 11) is -3.19. The van der Waals surface area contributed by atoms with E-state index in [1.807, 2.05) is 168 Å². The van der Waals surface area contributed by atoms with Crippen LogP contribution < -0.4 is 29.4 Å². The Morgan fingerprint density at radius 1 is 0.225 bits per heavy atom. The van der Waals surface area contributed by atoms with Gasteiger partial charge < -0.3 is 172 Å². The van der Waals surface area contributed by atoms with Crippen molar-refractivity contribution in [2.75, 3.05) is 166 Å². The number of quaternary nitrogens is 6. The molecule has 60 heteroatoms. The Bertz CT molecular complexity index is 3270. The van der Waals surface area contributed by atoms with Gasteiger partial charge in [0, 0.05) is 38.5 Å². The zero-order valence-electron chi connectivity index (χ0n) is 83.6. The third-order valence-electron chi connectivity index (χ3n) is 16.6. The Morgan fingerprint density at radius 2 is 0.319 bits per heavy atom. The van der Waals surface area contributed by atoms with E-state index in [4.69, 9.17) is 88.4 Å². The molecule has 0 saturated heterocycles. The second-order valence-electron chi connectivity index (χ2n) is 37.9. The molecule has 0 amide bonds. The number of likely N-dealkylation sites (N-methyl/N-ethyl adjacent to an activating group) is 6. The van der Waals surface area contributed by atoms with E-state index in [0.29, 0.717) is 105 Å². The van der Waals surface area contributed by atoms with Gasteiger partial charge in [0.15, 0.2) is 36.6 Å². The highest BCUT2D eigenvalue weighted by molar-refractivity contribution is 7.46. The molecule has 12 atom stereocenters. The highest BCUT2D eigenvalue weighted by Crippen LogP contribution is 2.54. The average molecular weight is 2130 g/mol. The van der Waals surface area contributed by atoms with Crippen LogP contribution in [0.1, 0.15) is 196 Å². The predicted molar refractivity (Wildman–Crippen MR) is 476 cm³/mol. The second kappa shape index (κ2) is 68.4. The van der Waals surface area contributed by atoms with Crippen molar-refractivity contribution in [2.24, 2.45) is 0 Å². The van der Waals surface area contributed by atoms with Gasteiger partial charge in [-0.15, -0.1) is 0 Å². The van der Waals surface area contributed by atoms with Crippen LogP contribution in [0, 0.1) is 0 Å². The van der Waals surface area contributed by atoms with Gasteiger partial charge in [-0.05, 0) is 38.5 Å². The van der Waals surface area contributed by atoms with Crippen molar-refractivity contribution in [1.82, 2.24) is 0 Å². The highest BCUT2D eigenvalue weighted by atomic mass is 31.2. The largest absolute Gasteiger partial charge is 0.756 e. The maximum atomic E-state index is 11.5. The lowest BCUT2D eigenvalue weighted by molar-refractivity contribution is -0.873. The molecule has 1 aliphatic carbocycles. The Kier molecular flexibility index (Phi) is 70.7. The van der Waals surface area contributed by atoms with Crippen LogP contribution in [-0.2, 0) is 140 Å². The number of carboxylic acids is 6. The third-order valence-corrected chi connectivity index (χ3v) is 19.6. The summed E-state index contributed by atoms with van der Waals surface area (Å²) in [5, 5.41) is 52.6. The molecule has 0 bridgehead atoms. The fourth-order valence-corrected chi connectivity index (χ4v) is 15.1. The standard InChI is InChI=1S/6C12H23NO4.C6H18O24P6/c6*1-5-6-7-12(16)17-10(8-11(14)15)9-13(2,3)4;7-31(8,9)25-1-2(26-32(10,11)12)4(28-34(16,17)18)6(30-36(22,23)24)5(29-35(19,20)21)3(1)27-33(13,14)15/h6*10H,5-9H2,1-4H3;1-6H,(H2,7,8,9)(H2,10,11,12)(H2,13,14,15)(H2,16,17,18)(H2,19,20,21)(H2,22,23,24)/t6*10-;/m111111./s1. The molecule has 1 aliphatic rings. The number of hydrogen-bond acceptors (Lipinski definition) is 36. The van der Waals surface area contributed by atoms with Crippen LogP contribution in [0.5, 0.6) is 0 Å². The van der Waals surface area contributed by atoms with Crippen molar-refractivity contribution < 1.29 is 257 Å². The van der Waals surface area contributed by atoms with Gasteiger partial charge in [0.25, 0.3) is 46.9 Å². The summed E-state index contributed by atoms with van der Waals surface area (Å²) in [6.45, 7) is 15.0. The van der Waals surface area contributed by atoms with E-state index in [1.54, 1.807) is 0 Å². The molecule has 0 aromatic carbocycles. The topological polar surface area (TPSA) is 799 Å². The zero-order chi connectivity index (χ0) is 110. The third kappa shape index (κ3) is 96.2. The second-order valence-corrected chi connectivity index (χ2v) is 44.8. The number of rotatable bonds is 60. The van der Waals surface area contributed by atoms with Crippen LogP contribution in [-0.4, -0.2) is 398 Å². The SMILES string of the molecule is CCCCC(=O)O[C@H](CC(=O)O)C[N+](C)(C)C.CCCCC(=O)O[C@H](CC(=O)O)C[N+](C)(C)C.CCCCC(=O)O[C@H](CC(=O)O)C[N+](C)(C)C.CCCCC(=O)O[C@H](CC(=O)O)C[N+](C)(C)C.CCCCC(=O)O[C@H](CC(=O)O)C[N+](C)(C)C.CCCCC(=O)O[C@H](CC(=O)O)C[N+](C)(C)C.O=P([O-])(O)OC1C(OP(=O)([O-])O)C(OP(=O)([O-])O)C(OP(=O)([O-])O)C(OP(=O)([O-])O)C1OP(=O)([O-])O. The molecule has 12 N–H and O–H groups in total. The minimum Gasteiger partial charge on any atom is -0.756 e. The summed E-state index contributed by atoms with van der Waals surface area (Å²) in [4.78, 5) is 254. The van der Waals surface area contributed by atoms with E-state index < -0.39 is 156 Å². The number of unbranched alkanes of at least 4 members (excludes halogenated alkanes) is 6. The fourth-order valence-electron chi connectivity index (χ4n) is 11.9. The molecular weight excluding hydrogens is 1970 g/mol. The highest BCUT2D eigenvalue weighted by Gasteiger charge is 2.60. The van der Waals surface area contributed by atoms with Crippen molar-refractivity contribution in [3.05, 3.63) is 0 Å². The Labute approximate surface area is 807 Å². The number of esters is 6. The van der Waals surface area contributed by atoms with Gasteiger partial charge in [0.1, 0.15) is 75.9 Å². The van der Waals surface area contributed by atoms with Gasteiger partial charge in [-0.25, -0.2) is 0 Å². The lowest BCUT2D eigenvalue weighted by atomic mass is 9.85. The van der Waals surface area contributed by atoms with E-state index >= 15 is 0 Å². The zero-order valence-corrected chi connectivity index (χ0v) is 88.9. The van der Waals surface area contributed by atoms with Gasteiger partial charge in [-0.3, -0.25) is 84.9 Å². The minimum atomic E-state index is -6.35. The van der Waals surface area contributed by atoms with E-state index in [0.717, 1.165) is 77.0 Å². The summed E-state index contributed by atoms with van der Waals surface area (Å²) in [6, 6.07) is 0. The van der Waals surface area contributed by atoms with Crippen LogP contribution in [0.3, 0.4) is 0 Å². The molecule has 0 spiro atoms. The Hall–Kier alpha value is -5.94. The number of phosphoric acid groups is 6. The molecule has 1 fully saturated rings. The molecule has 0 radical (unpaired) electrons. The number of carbonyl (C=O) groups is 12. The van der Waals surface area contributed by atoms with Gasteiger partial charge in [-0.1, -0.05) is 80.1 Å². The van der Waals surface area contributed by atoms with Crippen molar-refractivity contribution >= 4 is 119 Å². The number of carboxylic acid groups (broad SMARTS) is 6. The monoisotopic (exact) mass is 2130 g/mol. The summed E-state index contributed by atoms with van der Waals surface area (Å²) in [5.74, 6) is -7.43. The molecule has 6 unspecified atom stereocenters. The Balaban J connectivity index is -0.000000378. The summed E-state index contributed by atoms with van der Waals surface area (Å²) in [6.07, 6.45) is -11.8. The fraction of sp³-hybridized carbons (Fsp3) is 0.846. The lowest BCUT2D eigenvalue weighted by Crippen LogP contribution is -2.67. The van der Waals surface area contributed by atoms with Gasteiger partial charge >= 0.3 is 71.6 Å². The molecular formula is C78H156N6O48P6. The minimum absolute atomic E-state index is 0.132. The maximum absolute atomic E-state index is 11.5. The number of ether oxygens (including phenoxy) is 6. The van der Waals surface area contributed by atoms with Crippen LogP contribution in [0.25, 0.3) is 0 Å². The quantitative estimate of drug-likeness (QED) is 0.0172. The number of nitrogens with zero attached hydrogens (tertiary/aromatic N) is 6. The molecule has 0 aromatic rings. The first-order valence-electron chi connectivity index (χ1n) is 43.7. The molecule has 0 aromatic heterocycles. The Morgan fingerprint density at radius 3 is 0.384 bits per heavy atom. The van der Waals surface area contributed by atoms with Crippen molar-refractivity contribution in [2.45, 2.75) is 269 Å². The maximum Gasteiger partial charge on any atom is 0.307 e. The first kappa shape index (κ1) is 143. The predicted octanol–water partition coefficient (Wildman–Crippen LogP) is 0.691. The van der Waals surface area contributed by atoms with Crippen molar-refractivity contribution in [3.8, 4) is 0 Å². The molecule has 54 nitrogen and oxygen atoms in total. The van der Waals surface area contributed by atoms with Crippen LogP contribution in [0.2, 0.25) is 0 Å². The van der Waals surface area contributed by atoms with Crippen molar-refractivity contribution in [3.63, 3.8) is 0 Å². The number of carbonyl (C=O) groups excluding carboxylic acids is 6. The van der Waals surface area contributed by atoms with Crippen molar-refractivity contribution in [1.29, 1.82) is 0 Å². The first-order valence-corrected chi connectivity index (χ1v) is 52.6. The molecule has 138 heavy (non-hydrogen) atoms. The molecule has 0 aliphatic heterocycles. The number of hydrogen-bond donors (Lipinski definition) is 12. The number of aliphatic carboxylic acids is 6. The smallest absolute Gasteiger partial charge is 0.307 e. The average Bonchev–Trinajstić information content (AvgIpc) is 0.741. The first-order chi connectivity index (χ1) is 62.0. The molecule has 1 saturated carbocycles.